The quantitative estimate of drug-likeness (QED) is 0.206. The Kier molecular flexibility index (Phi) is 11.0. The van der Waals surface area contributed by atoms with E-state index in [1.165, 1.54) is 0 Å². The number of amides is 2. The molecule has 0 bridgehead atoms. The first kappa shape index (κ1) is 35.6. The number of nitrogens with one attached hydrogen (secondary N) is 2. The Morgan fingerprint density at radius 3 is 2.28 bits per heavy atom. The molecule has 3 rings (SSSR count). The number of fused-ring (bicyclic) bond motifs is 1. The monoisotopic (exact) mass is 616 g/mol. The molecule has 1 heterocycles. The van der Waals surface area contributed by atoms with E-state index in [0.29, 0.717) is 18.5 Å². The molecule has 242 valence electrons. The van der Waals surface area contributed by atoms with Crippen LogP contribution in [0.1, 0.15) is 101 Å². The van der Waals surface area contributed by atoms with Gasteiger partial charge in [0.25, 0.3) is 0 Å². The zero-order valence-corrected chi connectivity index (χ0v) is 29.8. The summed E-state index contributed by atoms with van der Waals surface area (Å²) in [6.07, 6.45) is 2.73. The molecule has 1 saturated carbocycles. The molecule has 0 aromatic heterocycles. The van der Waals surface area contributed by atoms with Crippen molar-refractivity contribution in [2.24, 2.45) is 11.3 Å². The van der Waals surface area contributed by atoms with E-state index in [-0.39, 0.29) is 47.0 Å². The van der Waals surface area contributed by atoms with Gasteiger partial charge in [-0.05, 0) is 95.0 Å². The van der Waals surface area contributed by atoms with Crippen LogP contribution >= 0.6 is 0 Å². The molecular formula is C33H57BN2O6Si. The van der Waals surface area contributed by atoms with Crippen LogP contribution in [0.3, 0.4) is 0 Å². The number of para-hydroxylation sites is 1. The molecule has 0 unspecified atom stereocenters. The average Bonchev–Trinajstić information content (AvgIpc) is 3.20. The highest BCUT2D eigenvalue weighted by molar-refractivity contribution is 6.74. The van der Waals surface area contributed by atoms with Gasteiger partial charge < -0.3 is 29.1 Å². The second-order valence-electron chi connectivity index (χ2n) is 16.0. The van der Waals surface area contributed by atoms with Gasteiger partial charge >= 0.3 is 19.1 Å². The SMILES string of the molecule is C[C@H]1C(C)(C)CC[C@H]2OB([C@H](CC[C@@H](CC(=O)OC(C)(C)C)O[Si](C)(C)C(C)(C)C)NC(=O)Nc3ccccc3)O[C@]21C. The van der Waals surface area contributed by atoms with Gasteiger partial charge in [0.05, 0.1) is 30.2 Å². The fourth-order valence-corrected chi connectivity index (χ4v) is 7.31. The number of ether oxygens (including phenoxy) is 1. The minimum atomic E-state index is -2.21. The molecule has 2 amide bonds. The van der Waals surface area contributed by atoms with Crippen LogP contribution in [0.25, 0.3) is 0 Å². The summed E-state index contributed by atoms with van der Waals surface area (Å²) in [5, 5.41) is 6.05. The second kappa shape index (κ2) is 13.2. The van der Waals surface area contributed by atoms with Crippen molar-refractivity contribution in [2.75, 3.05) is 5.32 Å². The lowest BCUT2D eigenvalue weighted by molar-refractivity contribution is -0.156. The normalized spacial score (nSPS) is 25.4. The Hall–Kier alpha value is -1.88. The highest BCUT2D eigenvalue weighted by Gasteiger charge is 2.59. The van der Waals surface area contributed by atoms with Crippen LogP contribution in [0.2, 0.25) is 18.1 Å². The molecule has 43 heavy (non-hydrogen) atoms. The molecule has 2 N–H and O–H groups in total. The number of urea groups is 1. The first-order chi connectivity index (χ1) is 19.6. The molecule has 8 nitrogen and oxygen atoms in total. The van der Waals surface area contributed by atoms with Gasteiger partial charge in [0, 0.05) is 5.69 Å². The third kappa shape index (κ3) is 9.31. The first-order valence-corrected chi connectivity index (χ1v) is 18.9. The van der Waals surface area contributed by atoms with Crippen molar-refractivity contribution < 1.29 is 28.1 Å². The molecule has 10 heteroatoms. The lowest BCUT2D eigenvalue weighted by atomic mass is 9.61. The summed E-state index contributed by atoms with van der Waals surface area (Å²) in [5.41, 5.74) is -0.227. The summed E-state index contributed by atoms with van der Waals surface area (Å²) < 4.78 is 25.8. The van der Waals surface area contributed by atoms with E-state index in [1.807, 2.05) is 51.1 Å². The summed E-state index contributed by atoms with van der Waals surface area (Å²) in [6, 6.07) is 9.03. The highest BCUT2D eigenvalue weighted by atomic mass is 28.4. The number of carbonyl (C=O) groups excluding carboxylic acids is 2. The number of hydrogen-bond acceptors (Lipinski definition) is 6. The van der Waals surface area contributed by atoms with Crippen molar-refractivity contribution >= 4 is 33.1 Å². The molecule has 1 saturated heterocycles. The number of benzene rings is 1. The highest BCUT2D eigenvalue weighted by Crippen LogP contribution is 2.52. The average molecular weight is 617 g/mol. The van der Waals surface area contributed by atoms with Crippen molar-refractivity contribution in [3.05, 3.63) is 30.3 Å². The predicted molar refractivity (Wildman–Crippen MR) is 176 cm³/mol. The van der Waals surface area contributed by atoms with Gasteiger partial charge in [0.15, 0.2) is 8.32 Å². The lowest BCUT2D eigenvalue weighted by Gasteiger charge is -2.49. The Labute approximate surface area is 262 Å². The molecular weight excluding hydrogens is 559 g/mol. The van der Waals surface area contributed by atoms with E-state index in [9.17, 15) is 9.59 Å². The third-order valence-corrected chi connectivity index (χ3v) is 14.5. The number of hydrogen-bond donors (Lipinski definition) is 2. The predicted octanol–water partition coefficient (Wildman–Crippen LogP) is 7.74. The van der Waals surface area contributed by atoms with Gasteiger partial charge in [0.1, 0.15) is 5.60 Å². The van der Waals surface area contributed by atoms with Crippen LogP contribution in [0, 0.1) is 11.3 Å². The fraction of sp³-hybridized carbons (Fsp3) is 0.758. The van der Waals surface area contributed by atoms with Gasteiger partial charge in [-0.1, -0.05) is 59.7 Å². The largest absolute Gasteiger partial charge is 0.481 e. The zero-order valence-electron chi connectivity index (χ0n) is 28.8. The smallest absolute Gasteiger partial charge is 0.460 e. The van der Waals surface area contributed by atoms with E-state index >= 15 is 0 Å². The van der Waals surface area contributed by atoms with Crippen molar-refractivity contribution in [2.45, 2.75) is 149 Å². The van der Waals surface area contributed by atoms with Crippen LogP contribution in [-0.2, 0) is 23.3 Å². The Morgan fingerprint density at radius 2 is 1.70 bits per heavy atom. The maximum absolute atomic E-state index is 13.2. The molecule has 0 radical (unpaired) electrons. The first-order valence-electron chi connectivity index (χ1n) is 16.0. The third-order valence-electron chi connectivity index (χ3n) is 9.95. The second-order valence-corrected chi connectivity index (χ2v) is 20.7. The van der Waals surface area contributed by atoms with E-state index in [2.05, 4.69) is 72.2 Å². The van der Waals surface area contributed by atoms with Crippen LogP contribution in [0.4, 0.5) is 10.5 Å². The van der Waals surface area contributed by atoms with Crippen molar-refractivity contribution in [3.8, 4) is 0 Å². The Bertz CT molecular complexity index is 1100. The van der Waals surface area contributed by atoms with Crippen LogP contribution < -0.4 is 10.6 Å². The molecule has 2 aliphatic rings. The van der Waals surface area contributed by atoms with E-state index in [4.69, 9.17) is 18.5 Å². The van der Waals surface area contributed by atoms with Crippen molar-refractivity contribution in [3.63, 3.8) is 0 Å². The van der Waals surface area contributed by atoms with Gasteiger partial charge in [-0.2, -0.15) is 0 Å². The summed E-state index contributed by atoms with van der Waals surface area (Å²) in [6.45, 7) is 25.5. The summed E-state index contributed by atoms with van der Waals surface area (Å²) >= 11 is 0. The minimum absolute atomic E-state index is 0.0305. The molecule has 1 aromatic rings. The lowest BCUT2D eigenvalue weighted by Crippen LogP contribution is -2.54. The van der Waals surface area contributed by atoms with Crippen LogP contribution in [0.5, 0.6) is 0 Å². The molecule has 1 aliphatic carbocycles. The Balaban J connectivity index is 1.84. The fourth-order valence-electron chi connectivity index (χ4n) is 5.92. The van der Waals surface area contributed by atoms with Gasteiger partial charge in [-0.25, -0.2) is 4.79 Å². The van der Waals surface area contributed by atoms with E-state index in [0.717, 1.165) is 12.8 Å². The maximum atomic E-state index is 13.2. The topological polar surface area (TPSA) is 95.1 Å². The minimum Gasteiger partial charge on any atom is -0.460 e. The van der Waals surface area contributed by atoms with Crippen molar-refractivity contribution in [1.29, 1.82) is 0 Å². The maximum Gasteiger partial charge on any atom is 0.481 e. The molecule has 1 aliphatic heterocycles. The number of esters is 1. The van der Waals surface area contributed by atoms with Crippen LogP contribution in [0.15, 0.2) is 30.3 Å². The molecule has 2 fully saturated rings. The zero-order chi connectivity index (χ0) is 32.4. The van der Waals surface area contributed by atoms with Crippen molar-refractivity contribution in [1.82, 2.24) is 5.32 Å². The summed E-state index contributed by atoms with van der Waals surface area (Å²) in [7, 11) is -2.83. The van der Waals surface area contributed by atoms with E-state index in [1.54, 1.807) is 0 Å². The number of rotatable bonds is 10. The van der Waals surface area contributed by atoms with Crippen LogP contribution in [-0.4, -0.2) is 56.8 Å². The molecule has 5 atom stereocenters. The molecule has 0 spiro atoms. The van der Waals surface area contributed by atoms with Gasteiger partial charge in [-0.15, -0.1) is 0 Å². The van der Waals surface area contributed by atoms with E-state index < -0.39 is 32.6 Å². The van der Waals surface area contributed by atoms with Gasteiger partial charge in [-0.3, -0.25) is 4.79 Å². The number of carbonyl (C=O) groups is 2. The standard InChI is InChI=1S/C33H57BN2O6Si/c1-23-32(8,9)21-20-26-33(23,10)42-34(40-26)27(36-29(38)35-24-16-14-13-15-17-24)19-18-25(22-28(37)39-30(2,3)4)41-43(11,12)31(5,6)7/h13-17,23,25-27H,18-22H2,1-12H3,(H2,35,36,38)/t23-,25-,26+,27-,33-/m0/s1. The molecule has 1 aromatic carbocycles. The van der Waals surface area contributed by atoms with Gasteiger partial charge in [0.2, 0.25) is 0 Å². The summed E-state index contributed by atoms with van der Waals surface area (Å²) in [4.78, 5) is 26.2. The Morgan fingerprint density at radius 1 is 1.07 bits per heavy atom. The summed E-state index contributed by atoms with van der Waals surface area (Å²) in [5.74, 6) is -0.472. The number of anilines is 1.